The molecule has 0 spiro atoms. The minimum atomic E-state index is -0.392. The first-order chi connectivity index (χ1) is 15.5. The first-order valence-electron chi connectivity index (χ1n) is 10.5. The van der Waals surface area contributed by atoms with Crippen molar-refractivity contribution >= 4 is 40.8 Å². The molecule has 1 unspecified atom stereocenters. The average molecular weight is 474 g/mol. The normalized spacial score (nSPS) is 15.4. The molecule has 3 aromatic rings. The number of likely N-dealkylation sites (N-methyl/N-ethyl adjacent to an activating group) is 1. The van der Waals surface area contributed by atoms with Gasteiger partial charge in [0.2, 0.25) is 11.9 Å². The Hall–Kier alpha value is -2.68. The van der Waals surface area contributed by atoms with Gasteiger partial charge in [-0.3, -0.25) is 4.98 Å². The van der Waals surface area contributed by atoms with Gasteiger partial charge in [0.05, 0.1) is 0 Å². The smallest absolute Gasteiger partial charge is 0.232 e. The fraction of sp³-hybridized carbons (Fsp3) is 0.364. The molecule has 4 rings (SSSR count). The first-order valence-corrected chi connectivity index (χ1v) is 11.2. The number of halogens is 2. The molecule has 2 aromatic heterocycles. The van der Waals surface area contributed by atoms with Crippen molar-refractivity contribution in [2.75, 3.05) is 43.4 Å². The van der Waals surface area contributed by atoms with Crippen LogP contribution in [0.1, 0.15) is 25.3 Å². The lowest BCUT2D eigenvalue weighted by molar-refractivity contribution is 0.191. The third kappa shape index (κ3) is 5.76. The van der Waals surface area contributed by atoms with Gasteiger partial charge in [-0.25, -0.2) is 0 Å². The summed E-state index contributed by atoms with van der Waals surface area (Å²) in [4.78, 5) is 22.6. The van der Waals surface area contributed by atoms with Gasteiger partial charge in [-0.15, -0.1) is 0 Å². The highest BCUT2D eigenvalue weighted by molar-refractivity contribution is 6.34. The lowest BCUT2D eigenvalue weighted by Crippen LogP contribution is -2.45. The number of pyridine rings is 1. The highest BCUT2D eigenvalue weighted by Gasteiger charge is 2.23. The molecule has 0 radical (unpaired) electrons. The van der Waals surface area contributed by atoms with Crippen LogP contribution in [-0.2, 0) is 0 Å². The Kier molecular flexibility index (Phi) is 7.24. The molecule has 1 aromatic carbocycles. The van der Waals surface area contributed by atoms with Crippen LogP contribution in [0.25, 0.3) is 0 Å². The van der Waals surface area contributed by atoms with Crippen LogP contribution < -0.4 is 15.0 Å². The standard InChI is InChI=1S/C22H25Cl2N7O/c1-3-19(32-18-13-15(23)12-16(24)14-18)20-27-21(26-17-4-6-25-7-5-17)29-22(28-20)31-10-8-30(2)9-11-31/h4-7,12-14,19H,3,8-11H2,1-2H3,(H,25,26,27,28,29). The van der Waals surface area contributed by atoms with Gasteiger partial charge in [0.15, 0.2) is 11.9 Å². The molecule has 10 heteroatoms. The highest BCUT2D eigenvalue weighted by Crippen LogP contribution is 2.30. The van der Waals surface area contributed by atoms with Gasteiger partial charge in [-0.1, -0.05) is 30.1 Å². The maximum Gasteiger partial charge on any atom is 0.232 e. The number of nitrogens with zero attached hydrogens (tertiary/aromatic N) is 6. The number of benzene rings is 1. The maximum atomic E-state index is 6.19. The van der Waals surface area contributed by atoms with Gasteiger partial charge in [0.1, 0.15) is 5.75 Å². The van der Waals surface area contributed by atoms with Crippen LogP contribution in [0.5, 0.6) is 5.75 Å². The molecule has 1 saturated heterocycles. The van der Waals surface area contributed by atoms with E-state index < -0.39 is 6.10 Å². The van der Waals surface area contributed by atoms with Crippen LogP contribution in [0.15, 0.2) is 42.7 Å². The topological polar surface area (TPSA) is 79.3 Å². The van der Waals surface area contributed by atoms with E-state index in [2.05, 4.69) is 37.1 Å². The number of rotatable bonds is 7. The number of hydrogen-bond acceptors (Lipinski definition) is 8. The lowest BCUT2D eigenvalue weighted by Gasteiger charge is -2.32. The second-order valence-electron chi connectivity index (χ2n) is 7.59. The van der Waals surface area contributed by atoms with Crippen LogP contribution in [0, 0.1) is 0 Å². The molecule has 0 bridgehead atoms. The van der Waals surface area contributed by atoms with Crippen molar-refractivity contribution in [1.29, 1.82) is 0 Å². The zero-order valence-corrected chi connectivity index (χ0v) is 19.5. The van der Waals surface area contributed by atoms with Crippen molar-refractivity contribution in [1.82, 2.24) is 24.8 Å². The van der Waals surface area contributed by atoms with Gasteiger partial charge in [-0.05, 0) is 43.8 Å². The summed E-state index contributed by atoms with van der Waals surface area (Å²) in [5.41, 5.74) is 0.845. The molecule has 1 aliphatic rings. The van der Waals surface area contributed by atoms with E-state index in [9.17, 15) is 0 Å². The van der Waals surface area contributed by atoms with Crippen LogP contribution in [0.3, 0.4) is 0 Å². The lowest BCUT2D eigenvalue weighted by atomic mass is 10.2. The van der Waals surface area contributed by atoms with E-state index in [-0.39, 0.29) is 0 Å². The van der Waals surface area contributed by atoms with Crippen LogP contribution in [0.2, 0.25) is 10.0 Å². The van der Waals surface area contributed by atoms with E-state index in [1.54, 1.807) is 30.6 Å². The molecule has 32 heavy (non-hydrogen) atoms. The Bertz CT molecular complexity index is 1030. The van der Waals surface area contributed by atoms with Gasteiger partial charge in [0.25, 0.3) is 0 Å². The third-order valence-corrected chi connectivity index (χ3v) is 5.57. The summed E-state index contributed by atoms with van der Waals surface area (Å²) in [6, 6.07) is 8.85. The van der Waals surface area contributed by atoms with E-state index in [1.165, 1.54) is 0 Å². The predicted octanol–water partition coefficient (Wildman–Crippen LogP) is 4.60. The van der Waals surface area contributed by atoms with E-state index in [1.807, 2.05) is 19.1 Å². The minimum Gasteiger partial charge on any atom is -0.482 e. The van der Waals surface area contributed by atoms with Crippen LogP contribution >= 0.6 is 23.2 Å². The molecular formula is C22H25Cl2N7O. The Labute approximate surface area is 197 Å². The predicted molar refractivity (Wildman–Crippen MR) is 127 cm³/mol. The minimum absolute atomic E-state index is 0.392. The third-order valence-electron chi connectivity index (χ3n) is 5.14. The molecule has 0 aliphatic carbocycles. The molecule has 0 saturated carbocycles. The number of hydrogen-bond donors (Lipinski definition) is 1. The zero-order chi connectivity index (χ0) is 22.5. The summed E-state index contributed by atoms with van der Waals surface area (Å²) in [6.45, 7) is 5.60. The van der Waals surface area contributed by atoms with Gasteiger partial charge >= 0.3 is 0 Å². The van der Waals surface area contributed by atoms with Crippen molar-refractivity contribution in [3.8, 4) is 5.75 Å². The first kappa shape index (κ1) is 22.5. The molecule has 168 valence electrons. The summed E-state index contributed by atoms with van der Waals surface area (Å²) < 4.78 is 6.19. The van der Waals surface area contributed by atoms with Gasteiger partial charge in [0, 0.05) is 54.3 Å². The summed E-state index contributed by atoms with van der Waals surface area (Å²) in [6.07, 6.45) is 3.70. The average Bonchev–Trinajstić information content (AvgIpc) is 2.78. The Balaban J connectivity index is 1.66. The van der Waals surface area contributed by atoms with Gasteiger partial charge in [-0.2, -0.15) is 15.0 Å². The number of anilines is 3. The van der Waals surface area contributed by atoms with E-state index in [0.29, 0.717) is 39.9 Å². The zero-order valence-electron chi connectivity index (χ0n) is 18.0. The molecule has 1 aliphatic heterocycles. The van der Waals surface area contributed by atoms with Crippen molar-refractivity contribution in [3.05, 3.63) is 58.6 Å². The molecule has 1 atom stereocenters. The van der Waals surface area contributed by atoms with E-state index >= 15 is 0 Å². The number of nitrogens with one attached hydrogen (secondary N) is 1. The van der Waals surface area contributed by atoms with Gasteiger partial charge < -0.3 is 19.9 Å². The molecule has 0 amide bonds. The van der Waals surface area contributed by atoms with E-state index in [4.69, 9.17) is 32.9 Å². The molecular weight excluding hydrogens is 449 g/mol. The molecule has 3 heterocycles. The Morgan fingerprint density at radius 2 is 1.69 bits per heavy atom. The quantitative estimate of drug-likeness (QED) is 0.533. The maximum absolute atomic E-state index is 6.19. The Morgan fingerprint density at radius 1 is 1.00 bits per heavy atom. The van der Waals surface area contributed by atoms with Crippen molar-refractivity contribution < 1.29 is 4.74 Å². The van der Waals surface area contributed by atoms with Crippen LogP contribution in [-0.4, -0.2) is 58.1 Å². The second-order valence-corrected chi connectivity index (χ2v) is 8.46. The summed E-state index contributed by atoms with van der Waals surface area (Å²) in [7, 11) is 2.11. The number of piperazine rings is 1. The number of ether oxygens (including phenoxy) is 1. The second kappa shape index (κ2) is 10.3. The van der Waals surface area contributed by atoms with E-state index in [0.717, 1.165) is 31.9 Å². The Morgan fingerprint density at radius 3 is 2.34 bits per heavy atom. The number of aromatic nitrogens is 4. The summed E-state index contributed by atoms with van der Waals surface area (Å²) in [5.74, 6) is 2.20. The summed E-state index contributed by atoms with van der Waals surface area (Å²) in [5, 5.41) is 4.28. The molecule has 1 N–H and O–H groups in total. The van der Waals surface area contributed by atoms with Crippen LogP contribution in [0.4, 0.5) is 17.6 Å². The monoisotopic (exact) mass is 473 g/mol. The summed E-state index contributed by atoms with van der Waals surface area (Å²) >= 11 is 12.3. The largest absolute Gasteiger partial charge is 0.482 e. The fourth-order valence-corrected chi connectivity index (χ4v) is 3.88. The SMILES string of the molecule is CCC(Oc1cc(Cl)cc(Cl)c1)c1nc(Nc2ccncc2)nc(N2CCN(C)CC2)n1. The van der Waals surface area contributed by atoms with Crippen molar-refractivity contribution in [2.24, 2.45) is 0 Å². The molecule has 1 fully saturated rings. The molecule has 8 nitrogen and oxygen atoms in total. The highest BCUT2D eigenvalue weighted by atomic mass is 35.5. The van der Waals surface area contributed by atoms with Crippen molar-refractivity contribution in [2.45, 2.75) is 19.4 Å². The van der Waals surface area contributed by atoms with Crippen molar-refractivity contribution in [3.63, 3.8) is 0 Å². The fourth-order valence-electron chi connectivity index (χ4n) is 3.37.